The second-order valence-electron chi connectivity index (χ2n) is 5.69. The Labute approximate surface area is 109 Å². The molecule has 18 heavy (non-hydrogen) atoms. The molecule has 0 radical (unpaired) electrons. The molecule has 2 N–H and O–H groups in total. The van der Waals surface area contributed by atoms with Crippen LogP contribution in [0.25, 0.3) is 0 Å². The number of rotatable bonds is 3. The highest BCUT2D eigenvalue weighted by atomic mass is 15.0. The largest absolute Gasteiger partial charge is 0.333 e. The number of hydrogen-bond donors (Lipinski definition) is 1. The standard InChI is InChI=1S/C15H21N3/c1-15(2,3)13-6-4-12(5-7-13)9-18-10-14(8-16)17-11-18/h4-7,10-11H,8-9,16H2,1-3H3. The Morgan fingerprint density at radius 3 is 2.33 bits per heavy atom. The van der Waals surface area contributed by atoms with E-state index in [9.17, 15) is 0 Å². The van der Waals surface area contributed by atoms with Crippen molar-refractivity contribution in [3.05, 3.63) is 53.6 Å². The monoisotopic (exact) mass is 243 g/mol. The van der Waals surface area contributed by atoms with E-state index in [1.807, 2.05) is 12.5 Å². The van der Waals surface area contributed by atoms with E-state index in [0.717, 1.165) is 12.2 Å². The molecule has 96 valence electrons. The van der Waals surface area contributed by atoms with E-state index in [0.29, 0.717) is 6.54 Å². The summed E-state index contributed by atoms with van der Waals surface area (Å²) in [6.45, 7) is 8.02. The maximum absolute atomic E-state index is 5.55. The van der Waals surface area contributed by atoms with E-state index < -0.39 is 0 Å². The normalized spacial score (nSPS) is 11.8. The predicted octanol–water partition coefficient (Wildman–Crippen LogP) is 2.69. The van der Waals surface area contributed by atoms with Crippen LogP contribution in [0.5, 0.6) is 0 Å². The number of aromatic nitrogens is 2. The maximum atomic E-state index is 5.55. The molecule has 0 atom stereocenters. The number of imidazole rings is 1. The number of nitrogens with two attached hydrogens (primary N) is 1. The molecule has 3 heteroatoms. The van der Waals surface area contributed by atoms with Gasteiger partial charge in [0.25, 0.3) is 0 Å². The van der Waals surface area contributed by atoms with Gasteiger partial charge in [0.05, 0.1) is 12.0 Å². The van der Waals surface area contributed by atoms with Gasteiger partial charge in [-0.15, -0.1) is 0 Å². The van der Waals surface area contributed by atoms with E-state index in [2.05, 4.69) is 54.6 Å². The van der Waals surface area contributed by atoms with Crippen LogP contribution in [0.4, 0.5) is 0 Å². The molecule has 0 aliphatic heterocycles. The number of nitrogens with zero attached hydrogens (tertiary/aromatic N) is 2. The molecule has 3 nitrogen and oxygen atoms in total. The molecule has 2 rings (SSSR count). The first-order valence-electron chi connectivity index (χ1n) is 6.29. The molecular formula is C15H21N3. The number of benzene rings is 1. The van der Waals surface area contributed by atoms with Crippen LogP contribution in [0.1, 0.15) is 37.6 Å². The maximum Gasteiger partial charge on any atom is 0.0953 e. The molecule has 1 aromatic heterocycles. The molecule has 0 amide bonds. The van der Waals surface area contributed by atoms with Gasteiger partial charge in [0.2, 0.25) is 0 Å². The van der Waals surface area contributed by atoms with Crippen LogP contribution in [0.2, 0.25) is 0 Å². The van der Waals surface area contributed by atoms with Crippen molar-refractivity contribution >= 4 is 0 Å². The highest BCUT2D eigenvalue weighted by molar-refractivity contribution is 5.27. The van der Waals surface area contributed by atoms with Crippen LogP contribution >= 0.6 is 0 Å². The summed E-state index contributed by atoms with van der Waals surface area (Å²) in [6.07, 6.45) is 3.83. The van der Waals surface area contributed by atoms with Gasteiger partial charge in [-0.1, -0.05) is 45.0 Å². The Kier molecular flexibility index (Phi) is 3.53. The van der Waals surface area contributed by atoms with Gasteiger partial charge < -0.3 is 10.3 Å². The first-order valence-corrected chi connectivity index (χ1v) is 6.29. The fourth-order valence-electron chi connectivity index (χ4n) is 1.92. The lowest BCUT2D eigenvalue weighted by Crippen LogP contribution is -2.10. The van der Waals surface area contributed by atoms with Gasteiger partial charge in [0.1, 0.15) is 0 Å². The second kappa shape index (κ2) is 4.94. The molecule has 0 saturated carbocycles. The first-order chi connectivity index (χ1) is 8.49. The summed E-state index contributed by atoms with van der Waals surface area (Å²) in [5.41, 5.74) is 9.33. The van der Waals surface area contributed by atoms with E-state index in [-0.39, 0.29) is 5.41 Å². The zero-order valence-electron chi connectivity index (χ0n) is 11.4. The Balaban J connectivity index is 2.11. The van der Waals surface area contributed by atoms with Gasteiger partial charge in [0.15, 0.2) is 0 Å². The van der Waals surface area contributed by atoms with Crippen LogP contribution < -0.4 is 5.73 Å². The van der Waals surface area contributed by atoms with Crippen molar-refractivity contribution in [2.24, 2.45) is 5.73 Å². The quantitative estimate of drug-likeness (QED) is 0.900. The lowest BCUT2D eigenvalue weighted by molar-refractivity contribution is 0.589. The fourth-order valence-corrected chi connectivity index (χ4v) is 1.92. The van der Waals surface area contributed by atoms with E-state index in [1.54, 1.807) is 0 Å². The minimum absolute atomic E-state index is 0.209. The second-order valence-corrected chi connectivity index (χ2v) is 5.69. The van der Waals surface area contributed by atoms with Crippen LogP contribution in [-0.2, 0) is 18.5 Å². The minimum atomic E-state index is 0.209. The average molecular weight is 243 g/mol. The molecule has 1 aromatic carbocycles. The van der Waals surface area contributed by atoms with Crippen molar-refractivity contribution in [2.75, 3.05) is 0 Å². The van der Waals surface area contributed by atoms with Crippen LogP contribution in [-0.4, -0.2) is 9.55 Å². The summed E-state index contributed by atoms with van der Waals surface area (Å²) >= 11 is 0. The molecule has 0 unspecified atom stereocenters. The first kappa shape index (κ1) is 12.8. The van der Waals surface area contributed by atoms with Crippen molar-refractivity contribution in [2.45, 2.75) is 39.3 Å². The SMILES string of the molecule is CC(C)(C)c1ccc(Cn2cnc(CN)c2)cc1. The molecule has 2 aromatic rings. The third-order valence-corrected chi connectivity index (χ3v) is 3.08. The summed E-state index contributed by atoms with van der Waals surface area (Å²) in [7, 11) is 0. The third-order valence-electron chi connectivity index (χ3n) is 3.08. The van der Waals surface area contributed by atoms with Gasteiger partial charge in [-0.3, -0.25) is 0 Å². The Bertz CT molecular complexity index is 503. The van der Waals surface area contributed by atoms with Gasteiger partial charge in [-0.05, 0) is 16.5 Å². The molecule has 1 heterocycles. The molecule has 0 fully saturated rings. The van der Waals surface area contributed by atoms with E-state index >= 15 is 0 Å². The van der Waals surface area contributed by atoms with Crippen molar-refractivity contribution in [3.63, 3.8) is 0 Å². The molecule has 0 aliphatic rings. The summed E-state index contributed by atoms with van der Waals surface area (Å²) in [5, 5.41) is 0. The smallest absolute Gasteiger partial charge is 0.0953 e. The topological polar surface area (TPSA) is 43.8 Å². The van der Waals surface area contributed by atoms with Crippen LogP contribution in [0, 0.1) is 0 Å². The molecule has 0 bridgehead atoms. The Hall–Kier alpha value is -1.61. The Morgan fingerprint density at radius 1 is 1.17 bits per heavy atom. The highest BCUT2D eigenvalue weighted by Crippen LogP contribution is 2.22. The summed E-state index contributed by atoms with van der Waals surface area (Å²) < 4.78 is 2.06. The van der Waals surface area contributed by atoms with Gasteiger partial charge >= 0.3 is 0 Å². The summed E-state index contributed by atoms with van der Waals surface area (Å²) in [5.74, 6) is 0. The molecule has 0 saturated heterocycles. The van der Waals surface area contributed by atoms with Crippen LogP contribution in [0.15, 0.2) is 36.8 Å². The highest BCUT2D eigenvalue weighted by Gasteiger charge is 2.12. The average Bonchev–Trinajstić information content (AvgIpc) is 2.76. The van der Waals surface area contributed by atoms with Crippen molar-refractivity contribution in [1.82, 2.24) is 9.55 Å². The minimum Gasteiger partial charge on any atom is -0.333 e. The number of hydrogen-bond acceptors (Lipinski definition) is 2. The fraction of sp³-hybridized carbons (Fsp3) is 0.400. The van der Waals surface area contributed by atoms with E-state index in [4.69, 9.17) is 5.73 Å². The molecule has 0 aliphatic carbocycles. The van der Waals surface area contributed by atoms with Crippen molar-refractivity contribution in [3.8, 4) is 0 Å². The molecule has 0 spiro atoms. The van der Waals surface area contributed by atoms with E-state index in [1.165, 1.54) is 11.1 Å². The van der Waals surface area contributed by atoms with Gasteiger partial charge in [-0.2, -0.15) is 0 Å². The summed E-state index contributed by atoms with van der Waals surface area (Å²) in [6, 6.07) is 8.78. The van der Waals surface area contributed by atoms with Gasteiger partial charge in [-0.25, -0.2) is 4.98 Å². The zero-order valence-corrected chi connectivity index (χ0v) is 11.4. The van der Waals surface area contributed by atoms with Crippen molar-refractivity contribution in [1.29, 1.82) is 0 Å². The predicted molar refractivity (Wildman–Crippen MR) is 74.4 cm³/mol. The van der Waals surface area contributed by atoms with Crippen molar-refractivity contribution < 1.29 is 0 Å². The third kappa shape index (κ3) is 2.99. The molecular weight excluding hydrogens is 222 g/mol. The lowest BCUT2D eigenvalue weighted by atomic mass is 9.87. The lowest BCUT2D eigenvalue weighted by Gasteiger charge is -2.19. The Morgan fingerprint density at radius 2 is 1.83 bits per heavy atom. The van der Waals surface area contributed by atoms with Gasteiger partial charge in [0, 0.05) is 19.3 Å². The van der Waals surface area contributed by atoms with Crippen LogP contribution in [0.3, 0.4) is 0 Å². The summed E-state index contributed by atoms with van der Waals surface area (Å²) in [4.78, 5) is 4.23. The zero-order chi connectivity index (χ0) is 13.2.